The molecule has 2 amide bonds. The third-order valence-corrected chi connectivity index (χ3v) is 4.88. The highest BCUT2D eigenvalue weighted by Gasteiger charge is 2.35. The van der Waals surface area contributed by atoms with Crippen molar-refractivity contribution in [2.24, 2.45) is 11.0 Å². The van der Waals surface area contributed by atoms with Gasteiger partial charge in [-0.3, -0.25) is 9.59 Å². The van der Waals surface area contributed by atoms with E-state index in [0.717, 1.165) is 10.5 Å². The summed E-state index contributed by atoms with van der Waals surface area (Å²) in [5.74, 6) is -1.31. The molecular weight excluding hydrogens is 353 g/mol. The molecule has 0 bridgehead atoms. The van der Waals surface area contributed by atoms with Crippen LogP contribution in [-0.2, 0) is 9.59 Å². The van der Waals surface area contributed by atoms with E-state index in [1.807, 2.05) is 30.5 Å². The quantitative estimate of drug-likeness (QED) is 0.499. The van der Waals surface area contributed by atoms with Crippen molar-refractivity contribution in [1.82, 2.24) is 5.43 Å². The molecule has 0 aliphatic carbocycles. The molecule has 0 radical (unpaired) electrons. The first kappa shape index (κ1) is 18.1. The topological polar surface area (TPSA) is 61.8 Å². The molecule has 1 N–H and O–H groups in total. The molecule has 2 aromatic rings. The van der Waals surface area contributed by atoms with Crippen molar-refractivity contribution in [1.29, 1.82) is 0 Å². The lowest BCUT2D eigenvalue weighted by Gasteiger charge is -2.16. The predicted molar refractivity (Wildman–Crippen MR) is 101 cm³/mol. The number of carbonyl (C=O) groups excluding carboxylic acids is 2. The average molecular weight is 371 g/mol. The Hall–Kier alpha value is -2.67. The monoisotopic (exact) mass is 371 g/mol. The van der Waals surface area contributed by atoms with Gasteiger partial charge in [0.25, 0.3) is 0 Å². The zero-order valence-corrected chi connectivity index (χ0v) is 15.0. The van der Waals surface area contributed by atoms with E-state index in [0.29, 0.717) is 5.69 Å². The first-order valence-corrected chi connectivity index (χ1v) is 9.32. The minimum atomic E-state index is -0.483. The summed E-state index contributed by atoms with van der Waals surface area (Å²) < 4.78 is 13.0. The fourth-order valence-corrected chi connectivity index (χ4v) is 3.11. The smallest absolute Gasteiger partial charge is 0.245 e. The summed E-state index contributed by atoms with van der Waals surface area (Å²) in [4.78, 5) is 27.0. The van der Waals surface area contributed by atoms with E-state index >= 15 is 0 Å². The lowest BCUT2D eigenvalue weighted by molar-refractivity contribution is -0.126. The Kier molecular flexibility index (Phi) is 5.68. The van der Waals surface area contributed by atoms with Crippen LogP contribution in [0.4, 0.5) is 10.1 Å². The number of nitrogens with zero attached hydrogens (tertiary/aromatic N) is 2. The molecule has 2 aromatic carbocycles. The molecule has 134 valence electrons. The molecule has 1 aliphatic heterocycles. The number of anilines is 1. The van der Waals surface area contributed by atoms with E-state index in [1.165, 1.54) is 29.2 Å². The van der Waals surface area contributed by atoms with Crippen molar-refractivity contribution < 1.29 is 14.0 Å². The van der Waals surface area contributed by atoms with Crippen LogP contribution in [0.1, 0.15) is 12.0 Å². The Morgan fingerprint density at radius 3 is 2.58 bits per heavy atom. The van der Waals surface area contributed by atoms with Crippen LogP contribution in [0.15, 0.2) is 58.5 Å². The molecule has 0 spiro atoms. The fourth-order valence-electron chi connectivity index (χ4n) is 2.71. The predicted octanol–water partition coefficient (Wildman–Crippen LogP) is 3.05. The van der Waals surface area contributed by atoms with E-state index in [4.69, 9.17) is 0 Å². The van der Waals surface area contributed by atoms with Crippen LogP contribution in [0, 0.1) is 11.7 Å². The Bertz CT molecular complexity index is 822. The van der Waals surface area contributed by atoms with Crippen molar-refractivity contribution >= 4 is 35.5 Å². The van der Waals surface area contributed by atoms with Crippen molar-refractivity contribution in [3.8, 4) is 0 Å². The average Bonchev–Trinajstić information content (AvgIpc) is 3.05. The second kappa shape index (κ2) is 8.14. The molecule has 1 fully saturated rings. The summed E-state index contributed by atoms with van der Waals surface area (Å²) in [5.41, 5.74) is 3.95. The van der Waals surface area contributed by atoms with E-state index in [-0.39, 0.29) is 30.6 Å². The minimum absolute atomic E-state index is 0.112. The van der Waals surface area contributed by atoms with Gasteiger partial charge < -0.3 is 4.90 Å². The molecule has 1 aliphatic rings. The van der Waals surface area contributed by atoms with Gasteiger partial charge in [0.1, 0.15) is 5.82 Å². The van der Waals surface area contributed by atoms with E-state index < -0.39 is 5.92 Å². The largest absolute Gasteiger partial charge is 0.312 e. The highest BCUT2D eigenvalue weighted by atomic mass is 32.2. The van der Waals surface area contributed by atoms with Crippen LogP contribution < -0.4 is 10.3 Å². The van der Waals surface area contributed by atoms with Gasteiger partial charge in [-0.1, -0.05) is 12.1 Å². The van der Waals surface area contributed by atoms with Crippen LogP contribution in [-0.4, -0.2) is 30.8 Å². The van der Waals surface area contributed by atoms with Crippen molar-refractivity contribution in [3.63, 3.8) is 0 Å². The van der Waals surface area contributed by atoms with Gasteiger partial charge in [-0.2, -0.15) is 5.10 Å². The maximum atomic E-state index is 13.0. The number of rotatable bonds is 5. The number of hydrogen-bond donors (Lipinski definition) is 1. The lowest BCUT2D eigenvalue weighted by Crippen LogP contribution is -2.30. The number of hydrogen-bond acceptors (Lipinski definition) is 4. The first-order valence-electron chi connectivity index (χ1n) is 8.09. The molecule has 0 aromatic heterocycles. The fraction of sp³-hybridized carbons (Fsp3) is 0.211. The molecule has 0 saturated carbocycles. The third kappa shape index (κ3) is 4.29. The molecular formula is C19H18FN3O2S. The third-order valence-electron chi connectivity index (χ3n) is 4.14. The molecule has 1 heterocycles. The van der Waals surface area contributed by atoms with Gasteiger partial charge >= 0.3 is 0 Å². The van der Waals surface area contributed by atoms with Crippen molar-refractivity contribution in [2.45, 2.75) is 11.3 Å². The Balaban J connectivity index is 1.57. The number of thioether (sulfide) groups is 1. The lowest BCUT2D eigenvalue weighted by atomic mass is 10.1. The Morgan fingerprint density at radius 1 is 1.23 bits per heavy atom. The summed E-state index contributed by atoms with van der Waals surface area (Å²) in [7, 11) is 0. The van der Waals surface area contributed by atoms with Gasteiger partial charge in [0, 0.05) is 23.5 Å². The van der Waals surface area contributed by atoms with Gasteiger partial charge in [-0.15, -0.1) is 11.8 Å². The number of amides is 2. The zero-order chi connectivity index (χ0) is 18.5. The number of nitrogens with one attached hydrogen (secondary N) is 1. The standard InChI is InChI=1S/C19H18FN3O2S/c1-26-17-8-2-13(3-9-17)11-21-22-19(25)14-10-18(24)23(12-14)16-6-4-15(20)5-7-16/h2-9,11,14H,10,12H2,1H3,(H,22,25)/b21-11-/t14-/m0/s1. The molecule has 0 unspecified atom stereocenters. The SMILES string of the molecule is CSc1ccc(/C=N\NC(=O)[C@H]2CC(=O)N(c3ccc(F)cc3)C2)cc1. The molecule has 26 heavy (non-hydrogen) atoms. The summed E-state index contributed by atoms with van der Waals surface area (Å²) in [5, 5.41) is 3.97. The van der Waals surface area contributed by atoms with E-state index in [1.54, 1.807) is 18.0 Å². The van der Waals surface area contributed by atoms with Gasteiger partial charge in [0.15, 0.2) is 0 Å². The molecule has 1 saturated heterocycles. The van der Waals surface area contributed by atoms with Gasteiger partial charge in [-0.25, -0.2) is 9.82 Å². The molecule has 5 nitrogen and oxygen atoms in total. The second-order valence-electron chi connectivity index (χ2n) is 5.89. The highest BCUT2D eigenvalue weighted by molar-refractivity contribution is 7.98. The summed E-state index contributed by atoms with van der Waals surface area (Å²) >= 11 is 1.65. The Labute approximate surface area is 155 Å². The number of carbonyl (C=O) groups is 2. The van der Waals surface area contributed by atoms with Gasteiger partial charge in [-0.05, 0) is 48.2 Å². The van der Waals surface area contributed by atoms with Crippen LogP contribution >= 0.6 is 11.8 Å². The zero-order valence-electron chi connectivity index (χ0n) is 14.2. The maximum Gasteiger partial charge on any atom is 0.245 e. The van der Waals surface area contributed by atoms with Crippen LogP contribution in [0.3, 0.4) is 0 Å². The van der Waals surface area contributed by atoms with Crippen LogP contribution in [0.25, 0.3) is 0 Å². The molecule has 1 atom stereocenters. The van der Waals surface area contributed by atoms with Crippen molar-refractivity contribution in [3.05, 3.63) is 59.9 Å². The highest BCUT2D eigenvalue weighted by Crippen LogP contribution is 2.25. The number of benzene rings is 2. The maximum absolute atomic E-state index is 13.0. The van der Waals surface area contributed by atoms with Crippen LogP contribution in [0.2, 0.25) is 0 Å². The normalized spacial score (nSPS) is 17.1. The summed E-state index contributed by atoms with van der Waals surface area (Å²) in [6.45, 7) is 0.258. The van der Waals surface area contributed by atoms with E-state index in [2.05, 4.69) is 10.5 Å². The van der Waals surface area contributed by atoms with Crippen LogP contribution in [0.5, 0.6) is 0 Å². The van der Waals surface area contributed by atoms with Gasteiger partial charge in [0.2, 0.25) is 11.8 Å². The first-order chi connectivity index (χ1) is 12.6. The second-order valence-corrected chi connectivity index (χ2v) is 6.77. The molecule has 3 rings (SSSR count). The summed E-state index contributed by atoms with van der Waals surface area (Å²) in [6, 6.07) is 13.4. The Morgan fingerprint density at radius 2 is 1.92 bits per heavy atom. The van der Waals surface area contributed by atoms with Gasteiger partial charge in [0.05, 0.1) is 12.1 Å². The molecule has 7 heteroatoms. The van der Waals surface area contributed by atoms with E-state index in [9.17, 15) is 14.0 Å². The van der Waals surface area contributed by atoms with Crippen molar-refractivity contribution in [2.75, 3.05) is 17.7 Å². The number of hydrazone groups is 1. The summed E-state index contributed by atoms with van der Waals surface area (Å²) in [6.07, 6.45) is 3.68. The minimum Gasteiger partial charge on any atom is -0.312 e. The number of halogens is 1.